The maximum absolute atomic E-state index is 13.7. The molecule has 3 aromatic rings. The molecule has 36 heavy (non-hydrogen) atoms. The summed E-state index contributed by atoms with van der Waals surface area (Å²) in [7, 11) is -2.07. The summed E-state index contributed by atoms with van der Waals surface area (Å²) in [6, 6.07) is 7.99. The van der Waals surface area contributed by atoms with Gasteiger partial charge in [0.15, 0.2) is 0 Å². The van der Waals surface area contributed by atoms with Crippen LogP contribution in [0.4, 0.5) is 10.1 Å². The van der Waals surface area contributed by atoms with Gasteiger partial charge in [-0.25, -0.2) is 17.5 Å². The fourth-order valence-electron chi connectivity index (χ4n) is 5.54. The van der Waals surface area contributed by atoms with Gasteiger partial charge in [0.05, 0.1) is 36.1 Å². The van der Waals surface area contributed by atoms with E-state index in [1.165, 1.54) is 18.3 Å². The first-order valence-electron chi connectivity index (χ1n) is 12.1. The van der Waals surface area contributed by atoms with Crippen LogP contribution in [0.25, 0.3) is 11.8 Å². The number of aromatic nitrogens is 3. The Balaban J connectivity index is 1.32. The van der Waals surface area contributed by atoms with Crippen LogP contribution in [0.1, 0.15) is 24.1 Å². The summed E-state index contributed by atoms with van der Waals surface area (Å²) in [5.41, 5.74) is 4.27. The Morgan fingerprint density at radius 2 is 1.89 bits per heavy atom. The Bertz CT molecular complexity index is 1430. The standard InChI is InChI=1S/C26H28FN5O3S/c1-35-18-26-13-19-14-29-32(22-5-3-21(27)4-6-22)25(19)11-20(26)7-10-31(17-26)36(33,34)24-12-23(15-28-16-24)30-8-2-9-30/h3-6,11-12,14-16H,2,7-10,13,17-18H2,1H3. The summed E-state index contributed by atoms with van der Waals surface area (Å²) in [5.74, 6) is -0.295. The van der Waals surface area contributed by atoms with E-state index in [9.17, 15) is 12.8 Å². The topological polar surface area (TPSA) is 80.6 Å². The number of methoxy groups -OCH3 is 1. The lowest BCUT2D eigenvalue weighted by Crippen LogP contribution is -2.51. The predicted molar refractivity (Wildman–Crippen MR) is 134 cm³/mol. The number of piperidine rings is 1. The molecule has 3 aliphatic rings. The zero-order valence-electron chi connectivity index (χ0n) is 20.1. The van der Waals surface area contributed by atoms with Gasteiger partial charge in [-0.05, 0) is 61.2 Å². The van der Waals surface area contributed by atoms with Crippen molar-refractivity contribution in [2.75, 3.05) is 44.8 Å². The van der Waals surface area contributed by atoms with Gasteiger partial charge in [0.25, 0.3) is 0 Å². The van der Waals surface area contributed by atoms with Crippen molar-refractivity contribution in [1.82, 2.24) is 19.1 Å². The SMILES string of the molecule is COCC12Cc3cnn(-c4ccc(F)cc4)c3C=C1CCN(S(=O)(=O)c1cncc(N3CCC3)c1)C2. The highest BCUT2D eigenvalue weighted by molar-refractivity contribution is 7.89. The number of anilines is 1. The van der Waals surface area contributed by atoms with Gasteiger partial charge < -0.3 is 9.64 Å². The molecule has 2 fully saturated rings. The number of rotatable bonds is 6. The molecular weight excluding hydrogens is 481 g/mol. The first kappa shape index (κ1) is 23.3. The second kappa shape index (κ2) is 8.79. The first-order chi connectivity index (χ1) is 17.4. The van der Waals surface area contributed by atoms with Crippen molar-refractivity contribution in [3.63, 3.8) is 0 Å². The number of ether oxygens (including phenoxy) is 1. The number of sulfonamides is 1. The van der Waals surface area contributed by atoms with E-state index in [1.54, 1.807) is 35.8 Å². The van der Waals surface area contributed by atoms with Crippen LogP contribution < -0.4 is 4.90 Å². The average Bonchev–Trinajstić information content (AvgIpc) is 3.24. The normalized spacial score (nSPS) is 21.9. The second-order valence-electron chi connectivity index (χ2n) is 9.81. The molecule has 1 aromatic carbocycles. The van der Waals surface area contributed by atoms with Gasteiger partial charge in [-0.15, -0.1) is 0 Å². The van der Waals surface area contributed by atoms with Crippen LogP contribution in [-0.2, 0) is 21.2 Å². The number of nitrogens with zero attached hydrogens (tertiary/aromatic N) is 5. The number of hydrogen-bond donors (Lipinski definition) is 0. The highest BCUT2D eigenvalue weighted by atomic mass is 32.2. The minimum Gasteiger partial charge on any atom is -0.384 e. The van der Waals surface area contributed by atoms with Crippen molar-refractivity contribution < 1.29 is 17.5 Å². The molecule has 8 nitrogen and oxygen atoms in total. The lowest BCUT2D eigenvalue weighted by atomic mass is 9.69. The van der Waals surface area contributed by atoms with Crippen LogP contribution in [0.3, 0.4) is 0 Å². The van der Waals surface area contributed by atoms with E-state index in [1.807, 2.05) is 10.9 Å². The maximum Gasteiger partial charge on any atom is 0.244 e. The third-order valence-electron chi connectivity index (χ3n) is 7.57. The fourth-order valence-corrected chi connectivity index (χ4v) is 7.05. The maximum atomic E-state index is 13.7. The van der Waals surface area contributed by atoms with Gasteiger partial charge in [-0.2, -0.15) is 9.40 Å². The second-order valence-corrected chi connectivity index (χ2v) is 11.7. The van der Waals surface area contributed by atoms with Gasteiger partial charge in [0.1, 0.15) is 10.7 Å². The highest BCUT2D eigenvalue weighted by Gasteiger charge is 2.46. The minimum absolute atomic E-state index is 0.229. The summed E-state index contributed by atoms with van der Waals surface area (Å²) in [6.07, 6.45) is 9.41. The lowest BCUT2D eigenvalue weighted by molar-refractivity contribution is 0.0733. The van der Waals surface area contributed by atoms with E-state index in [-0.39, 0.29) is 10.7 Å². The third kappa shape index (κ3) is 3.84. The van der Waals surface area contributed by atoms with Crippen LogP contribution in [-0.4, -0.2) is 67.4 Å². The molecule has 1 aliphatic carbocycles. The predicted octanol–water partition coefficient (Wildman–Crippen LogP) is 3.28. The molecule has 6 rings (SSSR count). The fraction of sp³-hybridized carbons (Fsp3) is 0.385. The van der Waals surface area contributed by atoms with Gasteiger partial charge in [-0.3, -0.25) is 4.98 Å². The molecule has 1 unspecified atom stereocenters. The molecule has 0 bridgehead atoms. The zero-order valence-corrected chi connectivity index (χ0v) is 20.9. The van der Waals surface area contributed by atoms with Crippen molar-refractivity contribution >= 4 is 21.8 Å². The molecule has 0 amide bonds. The van der Waals surface area contributed by atoms with E-state index in [0.717, 1.165) is 47.7 Å². The highest BCUT2D eigenvalue weighted by Crippen LogP contribution is 2.45. The number of halogens is 1. The molecule has 1 atom stereocenters. The molecule has 2 aliphatic heterocycles. The molecule has 2 saturated heterocycles. The summed E-state index contributed by atoms with van der Waals surface area (Å²) < 4.78 is 49.9. The van der Waals surface area contributed by atoms with Crippen molar-refractivity contribution in [1.29, 1.82) is 0 Å². The molecule has 0 N–H and O–H groups in total. The first-order valence-corrected chi connectivity index (χ1v) is 13.6. The molecule has 188 valence electrons. The number of hydrogen-bond acceptors (Lipinski definition) is 6. The minimum atomic E-state index is -3.72. The lowest BCUT2D eigenvalue weighted by Gasteiger charge is -2.45. The van der Waals surface area contributed by atoms with Crippen LogP contribution in [0.15, 0.2) is 59.4 Å². The molecule has 0 spiro atoms. The van der Waals surface area contributed by atoms with Crippen molar-refractivity contribution in [2.24, 2.45) is 5.41 Å². The summed E-state index contributed by atoms with van der Waals surface area (Å²) in [5, 5.41) is 4.57. The number of pyridine rings is 1. The van der Waals surface area contributed by atoms with Crippen molar-refractivity contribution in [3.8, 4) is 5.69 Å². The number of fused-ring (bicyclic) bond motifs is 2. The van der Waals surface area contributed by atoms with Gasteiger partial charge in [0, 0.05) is 44.9 Å². The summed E-state index contributed by atoms with van der Waals surface area (Å²) in [4.78, 5) is 6.60. The smallest absolute Gasteiger partial charge is 0.244 e. The molecule has 2 aromatic heterocycles. The largest absolute Gasteiger partial charge is 0.384 e. The monoisotopic (exact) mass is 509 g/mol. The third-order valence-corrected chi connectivity index (χ3v) is 9.38. The number of benzene rings is 1. The summed E-state index contributed by atoms with van der Waals surface area (Å²) in [6.45, 7) is 2.96. The Labute approximate surface area is 210 Å². The van der Waals surface area contributed by atoms with E-state index >= 15 is 0 Å². The van der Waals surface area contributed by atoms with E-state index in [0.29, 0.717) is 32.5 Å². The van der Waals surface area contributed by atoms with Gasteiger partial charge >= 0.3 is 0 Å². The Morgan fingerprint density at radius 1 is 1.08 bits per heavy atom. The van der Waals surface area contributed by atoms with Crippen LogP contribution in [0, 0.1) is 11.2 Å². The Morgan fingerprint density at radius 3 is 2.61 bits per heavy atom. The van der Waals surface area contributed by atoms with E-state index < -0.39 is 15.4 Å². The molecular formula is C26H28FN5O3S. The van der Waals surface area contributed by atoms with Gasteiger partial charge in [-0.1, -0.05) is 5.57 Å². The average molecular weight is 510 g/mol. The van der Waals surface area contributed by atoms with Crippen LogP contribution in [0.5, 0.6) is 0 Å². The Hall–Kier alpha value is -3.08. The molecule has 0 saturated carbocycles. The van der Waals surface area contributed by atoms with Crippen LogP contribution in [0.2, 0.25) is 0 Å². The summed E-state index contributed by atoms with van der Waals surface area (Å²) >= 11 is 0. The molecule has 4 heterocycles. The quantitative estimate of drug-likeness (QED) is 0.507. The van der Waals surface area contributed by atoms with Gasteiger partial charge in [0.2, 0.25) is 10.0 Å². The molecule has 0 radical (unpaired) electrons. The van der Waals surface area contributed by atoms with Crippen molar-refractivity contribution in [2.45, 2.75) is 24.2 Å². The van der Waals surface area contributed by atoms with Crippen molar-refractivity contribution in [3.05, 3.63) is 71.6 Å². The Kier molecular flexibility index (Phi) is 5.70. The van der Waals surface area contributed by atoms with E-state index in [4.69, 9.17) is 4.74 Å². The van der Waals surface area contributed by atoms with Crippen LogP contribution >= 0.6 is 0 Å². The molecule has 10 heteroatoms. The van der Waals surface area contributed by atoms with E-state index in [2.05, 4.69) is 21.1 Å². The zero-order chi connectivity index (χ0) is 24.9.